The highest BCUT2D eigenvalue weighted by Crippen LogP contribution is 2.42. The van der Waals surface area contributed by atoms with E-state index in [2.05, 4.69) is 27.3 Å². The standard InChI is InChI=1S/C24H28FN5/c1-29-24(13-23(28-29)17-5-7-19(25)8-6-17)22-16-30-11-9-18(22)12-21(30)15-26-14-20-4-2-3-10-27-20/h2-8,10,13,18,21-22,26H,9,11-12,14-16H2,1H3/t18-,21+,22+/m0/s1. The van der Waals surface area contributed by atoms with Crippen LogP contribution in [-0.4, -0.2) is 45.3 Å². The molecule has 3 fully saturated rings. The Morgan fingerprint density at radius 2 is 2.03 bits per heavy atom. The fraction of sp³-hybridized carbons (Fsp3) is 0.417. The van der Waals surface area contributed by atoms with Crippen molar-refractivity contribution in [1.29, 1.82) is 0 Å². The molecule has 1 unspecified atom stereocenters. The first kappa shape index (κ1) is 19.4. The summed E-state index contributed by atoms with van der Waals surface area (Å²) in [5.74, 6) is 0.987. The molecular weight excluding hydrogens is 377 g/mol. The lowest BCUT2D eigenvalue weighted by Crippen LogP contribution is -2.55. The van der Waals surface area contributed by atoms with Gasteiger partial charge in [0, 0.05) is 56.1 Å². The summed E-state index contributed by atoms with van der Waals surface area (Å²) in [4.78, 5) is 7.04. The molecule has 6 rings (SSSR count). The Bertz CT molecular complexity index is 985. The Labute approximate surface area is 176 Å². The second-order valence-electron chi connectivity index (χ2n) is 8.58. The van der Waals surface area contributed by atoms with Gasteiger partial charge in [-0.3, -0.25) is 14.6 Å². The summed E-state index contributed by atoms with van der Waals surface area (Å²) in [6.45, 7) is 4.09. The molecule has 3 aliphatic rings. The topological polar surface area (TPSA) is 46.0 Å². The molecule has 2 bridgehead atoms. The van der Waals surface area contributed by atoms with Gasteiger partial charge in [-0.1, -0.05) is 6.07 Å². The monoisotopic (exact) mass is 405 g/mol. The third-order valence-corrected chi connectivity index (χ3v) is 6.73. The normalized spacial score (nSPS) is 25.5. The number of aromatic nitrogens is 3. The molecule has 5 nitrogen and oxygen atoms in total. The van der Waals surface area contributed by atoms with Crippen molar-refractivity contribution in [3.63, 3.8) is 0 Å². The SMILES string of the molecule is Cn1nc(-c2ccc(F)cc2)cc1[C@@H]1CN2CC[C@H]1C[C@@H]2CNCc1ccccn1. The molecule has 0 radical (unpaired) electrons. The van der Waals surface area contributed by atoms with Crippen LogP contribution in [0.3, 0.4) is 0 Å². The smallest absolute Gasteiger partial charge is 0.123 e. The Kier molecular flexibility index (Phi) is 5.35. The Morgan fingerprint density at radius 3 is 2.77 bits per heavy atom. The lowest BCUT2D eigenvalue weighted by molar-refractivity contribution is 0.0281. The molecule has 30 heavy (non-hydrogen) atoms. The van der Waals surface area contributed by atoms with E-state index in [1.165, 1.54) is 37.2 Å². The molecule has 2 aromatic heterocycles. The number of pyridine rings is 1. The van der Waals surface area contributed by atoms with E-state index in [1.807, 2.05) is 30.1 Å². The van der Waals surface area contributed by atoms with Crippen molar-refractivity contribution in [2.75, 3.05) is 19.6 Å². The van der Waals surface area contributed by atoms with Gasteiger partial charge in [0.2, 0.25) is 0 Å². The van der Waals surface area contributed by atoms with Crippen molar-refractivity contribution in [2.24, 2.45) is 13.0 Å². The summed E-state index contributed by atoms with van der Waals surface area (Å²) in [6.07, 6.45) is 4.32. The van der Waals surface area contributed by atoms with Crippen LogP contribution in [0.5, 0.6) is 0 Å². The minimum Gasteiger partial charge on any atom is -0.310 e. The fourth-order valence-corrected chi connectivity index (χ4v) is 5.15. The lowest BCUT2D eigenvalue weighted by atomic mass is 9.74. The molecule has 156 valence electrons. The molecule has 3 aromatic rings. The number of hydrogen-bond acceptors (Lipinski definition) is 4. The van der Waals surface area contributed by atoms with E-state index in [9.17, 15) is 4.39 Å². The van der Waals surface area contributed by atoms with Gasteiger partial charge in [-0.25, -0.2) is 4.39 Å². The summed E-state index contributed by atoms with van der Waals surface area (Å²) in [5.41, 5.74) is 4.28. The first-order chi connectivity index (χ1) is 14.7. The van der Waals surface area contributed by atoms with Crippen LogP contribution in [0.25, 0.3) is 11.3 Å². The molecule has 0 amide bonds. The highest BCUT2D eigenvalue weighted by Gasteiger charge is 2.41. The van der Waals surface area contributed by atoms with Crippen LogP contribution in [0.4, 0.5) is 4.39 Å². The number of nitrogens with one attached hydrogen (secondary N) is 1. The van der Waals surface area contributed by atoms with Crippen LogP contribution in [-0.2, 0) is 13.6 Å². The molecule has 6 heteroatoms. The highest BCUT2D eigenvalue weighted by molar-refractivity contribution is 5.59. The zero-order chi connectivity index (χ0) is 20.5. The van der Waals surface area contributed by atoms with E-state index in [0.29, 0.717) is 17.9 Å². The second-order valence-corrected chi connectivity index (χ2v) is 8.58. The van der Waals surface area contributed by atoms with Crippen LogP contribution < -0.4 is 5.32 Å². The van der Waals surface area contributed by atoms with Crippen molar-refractivity contribution in [1.82, 2.24) is 25.0 Å². The number of aryl methyl sites for hydroxylation is 1. The van der Waals surface area contributed by atoms with Crippen molar-refractivity contribution in [2.45, 2.75) is 31.3 Å². The predicted octanol–water partition coefficient (Wildman–Crippen LogP) is 3.59. The van der Waals surface area contributed by atoms with Crippen LogP contribution >= 0.6 is 0 Å². The molecular formula is C24H28FN5. The van der Waals surface area contributed by atoms with E-state index >= 15 is 0 Å². The summed E-state index contributed by atoms with van der Waals surface area (Å²) >= 11 is 0. The van der Waals surface area contributed by atoms with Crippen LogP contribution in [0.15, 0.2) is 54.7 Å². The maximum Gasteiger partial charge on any atom is 0.123 e. The van der Waals surface area contributed by atoms with Gasteiger partial charge >= 0.3 is 0 Å². The molecule has 4 atom stereocenters. The highest BCUT2D eigenvalue weighted by atomic mass is 19.1. The predicted molar refractivity (Wildman–Crippen MR) is 115 cm³/mol. The Balaban J connectivity index is 1.24. The largest absolute Gasteiger partial charge is 0.310 e. The number of rotatable bonds is 6. The van der Waals surface area contributed by atoms with E-state index in [0.717, 1.165) is 36.6 Å². The molecule has 5 heterocycles. The second kappa shape index (κ2) is 8.28. The fourth-order valence-electron chi connectivity index (χ4n) is 5.15. The van der Waals surface area contributed by atoms with Crippen molar-refractivity contribution >= 4 is 0 Å². The van der Waals surface area contributed by atoms with Crippen molar-refractivity contribution in [3.05, 3.63) is 71.9 Å². The van der Waals surface area contributed by atoms with E-state index in [4.69, 9.17) is 5.10 Å². The molecule has 1 N–H and O–H groups in total. The summed E-state index contributed by atoms with van der Waals surface area (Å²) in [5, 5.41) is 8.33. The first-order valence-corrected chi connectivity index (χ1v) is 10.8. The number of piperidine rings is 3. The number of hydrogen-bond donors (Lipinski definition) is 1. The summed E-state index contributed by atoms with van der Waals surface area (Å²) in [7, 11) is 2.03. The lowest BCUT2D eigenvalue weighted by Gasteiger charge is -2.50. The van der Waals surface area contributed by atoms with E-state index < -0.39 is 0 Å². The van der Waals surface area contributed by atoms with Crippen LogP contribution in [0.1, 0.15) is 30.1 Å². The molecule has 3 saturated heterocycles. The van der Waals surface area contributed by atoms with Crippen molar-refractivity contribution in [3.8, 4) is 11.3 Å². The van der Waals surface area contributed by atoms with Crippen molar-refractivity contribution < 1.29 is 4.39 Å². The van der Waals surface area contributed by atoms with Gasteiger partial charge in [-0.2, -0.15) is 5.10 Å². The minimum absolute atomic E-state index is 0.213. The van der Waals surface area contributed by atoms with Gasteiger partial charge in [0.05, 0.1) is 11.4 Å². The first-order valence-electron chi connectivity index (χ1n) is 10.8. The molecule has 1 aromatic carbocycles. The quantitative estimate of drug-likeness (QED) is 0.681. The number of halogens is 1. The average Bonchev–Trinajstić information content (AvgIpc) is 3.17. The third-order valence-electron chi connectivity index (χ3n) is 6.73. The minimum atomic E-state index is -0.213. The van der Waals surface area contributed by atoms with E-state index in [1.54, 1.807) is 12.1 Å². The van der Waals surface area contributed by atoms with Crippen LogP contribution in [0.2, 0.25) is 0 Å². The zero-order valence-corrected chi connectivity index (χ0v) is 17.3. The van der Waals surface area contributed by atoms with Gasteiger partial charge in [0.1, 0.15) is 5.82 Å². The molecule has 0 spiro atoms. The molecule has 0 saturated carbocycles. The number of nitrogens with zero attached hydrogens (tertiary/aromatic N) is 4. The molecule has 0 aliphatic carbocycles. The van der Waals surface area contributed by atoms with Gasteiger partial charge in [0.15, 0.2) is 0 Å². The van der Waals surface area contributed by atoms with Gasteiger partial charge < -0.3 is 5.32 Å². The van der Waals surface area contributed by atoms with Crippen LogP contribution in [0, 0.1) is 11.7 Å². The van der Waals surface area contributed by atoms with Gasteiger partial charge in [-0.05, 0) is 67.8 Å². The summed E-state index contributed by atoms with van der Waals surface area (Å²) in [6, 6.07) is 15.5. The maximum absolute atomic E-state index is 13.3. The number of fused-ring (bicyclic) bond motifs is 3. The molecule has 3 aliphatic heterocycles. The van der Waals surface area contributed by atoms with Gasteiger partial charge in [-0.15, -0.1) is 0 Å². The average molecular weight is 406 g/mol. The maximum atomic E-state index is 13.3. The Hall–Kier alpha value is -2.57. The summed E-state index contributed by atoms with van der Waals surface area (Å²) < 4.78 is 15.3. The zero-order valence-electron chi connectivity index (χ0n) is 17.3. The number of benzene rings is 1. The Morgan fingerprint density at radius 1 is 1.17 bits per heavy atom. The van der Waals surface area contributed by atoms with E-state index in [-0.39, 0.29) is 5.82 Å². The van der Waals surface area contributed by atoms with Gasteiger partial charge in [0.25, 0.3) is 0 Å². The third kappa shape index (κ3) is 3.89.